The quantitative estimate of drug-likeness (QED) is 0.399. The maximum Gasteiger partial charge on any atom is 0.251 e. The Balaban J connectivity index is 1.52. The van der Waals surface area contributed by atoms with Gasteiger partial charge in [-0.25, -0.2) is 4.98 Å². The molecule has 3 rings (SSSR count). The van der Waals surface area contributed by atoms with Gasteiger partial charge in [0.1, 0.15) is 0 Å². The van der Waals surface area contributed by atoms with Gasteiger partial charge in [0.15, 0.2) is 5.16 Å². The molecule has 2 N–H and O–H groups in total. The highest BCUT2D eigenvalue weighted by molar-refractivity contribution is 7.98. The van der Waals surface area contributed by atoms with E-state index in [0.29, 0.717) is 39.6 Å². The molecule has 29 heavy (non-hydrogen) atoms. The number of carbonyl (C=O) groups is 1. The minimum absolute atomic E-state index is 0.0509. The summed E-state index contributed by atoms with van der Waals surface area (Å²) in [6.45, 7) is 0.500. The molecule has 3 aromatic rings. The van der Waals surface area contributed by atoms with Gasteiger partial charge in [-0.3, -0.25) is 9.59 Å². The number of H-pyrrole nitrogens is 1. The zero-order valence-corrected chi connectivity index (χ0v) is 17.8. The van der Waals surface area contributed by atoms with Crippen molar-refractivity contribution in [3.05, 3.63) is 91.8 Å². The van der Waals surface area contributed by atoms with Gasteiger partial charge in [-0.2, -0.15) is 0 Å². The fourth-order valence-corrected chi connectivity index (χ4v) is 3.82. The van der Waals surface area contributed by atoms with Gasteiger partial charge in [-0.1, -0.05) is 59.2 Å². The zero-order valence-electron chi connectivity index (χ0n) is 15.5. The van der Waals surface area contributed by atoms with Gasteiger partial charge in [-0.05, 0) is 41.8 Å². The Labute approximate surface area is 182 Å². The lowest BCUT2D eigenvalue weighted by Crippen LogP contribution is -2.28. The highest BCUT2D eigenvalue weighted by atomic mass is 35.5. The molecule has 0 aliphatic rings. The average molecular weight is 448 g/mol. The van der Waals surface area contributed by atoms with Crippen LogP contribution in [0.4, 0.5) is 0 Å². The first kappa shape index (κ1) is 21.4. The minimum atomic E-state index is -0.280. The summed E-state index contributed by atoms with van der Waals surface area (Å²) in [5, 5.41) is 4.67. The van der Waals surface area contributed by atoms with Crippen molar-refractivity contribution in [1.29, 1.82) is 0 Å². The second-order valence-corrected chi connectivity index (χ2v) is 8.20. The summed E-state index contributed by atoms with van der Waals surface area (Å²) >= 11 is 13.2. The van der Waals surface area contributed by atoms with E-state index in [1.165, 1.54) is 17.8 Å². The highest BCUT2D eigenvalue weighted by Gasteiger charge is 2.08. The average Bonchev–Trinajstić information content (AvgIpc) is 2.68. The van der Waals surface area contributed by atoms with Crippen molar-refractivity contribution in [3.8, 4) is 0 Å². The van der Waals surface area contributed by atoms with E-state index >= 15 is 0 Å². The van der Waals surface area contributed by atoms with E-state index in [-0.39, 0.29) is 17.9 Å². The van der Waals surface area contributed by atoms with E-state index in [0.717, 1.165) is 11.1 Å². The standard InChI is InChI=1S/C21H19Cl2N3O2S/c22-16-6-4-14(5-7-16)8-9-24-19(27)11-18-12-20(28)26-21(25-18)29-13-15-2-1-3-17(23)10-15/h1-7,10,12H,8-9,11,13H2,(H,24,27)(H,25,26,28). The Kier molecular flexibility index (Phi) is 7.75. The van der Waals surface area contributed by atoms with Gasteiger partial charge < -0.3 is 10.3 Å². The number of nitrogens with zero attached hydrogens (tertiary/aromatic N) is 1. The fraction of sp³-hybridized carbons (Fsp3) is 0.190. The van der Waals surface area contributed by atoms with Gasteiger partial charge >= 0.3 is 0 Å². The lowest BCUT2D eigenvalue weighted by atomic mass is 10.1. The van der Waals surface area contributed by atoms with Gasteiger partial charge in [0.25, 0.3) is 5.56 Å². The van der Waals surface area contributed by atoms with Crippen molar-refractivity contribution < 1.29 is 4.79 Å². The van der Waals surface area contributed by atoms with Crippen LogP contribution in [0.5, 0.6) is 0 Å². The van der Waals surface area contributed by atoms with Crippen molar-refractivity contribution in [1.82, 2.24) is 15.3 Å². The first-order valence-electron chi connectivity index (χ1n) is 8.96. The zero-order chi connectivity index (χ0) is 20.6. The van der Waals surface area contributed by atoms with Crippen molar-refractivity contribution in [3.63, 3.8) is 0 Å². The second-order valence-electron chi connectivity index (χ2n) is 6.36. The Hall–Kier alpha value is -2.28. The summed E-state index contributed by atoms with van der Waals surface area (Å²) in [6, 6.07) is 16.3. The molecule has 0 spiro atoms. The molecule has 0 atom stereocenters. The Morgan fingerprint density at radius 1 is 1.03 bits per heavy atom. The van der Waals surface area contributed by atoms with Crippen molar-refractivity contribution in [2.75, 3.05) is 6.54 Å². The SMILES string of the molecule is O=C(Cc1cc(=O)[nH]c(SCc2cccc(Cl)c2)n1)NCCc1ccc(Cl)cc1. The smallest absolute Gasteiger partial charge is 0.251 e. The van der Waals surface area contributed by atoms with Gasteiger partial charge in [0.05, 0.1) is 12.1 Å². The number of nitrogens with one attached hydrogen (secondary N) is 2. The third kappa shape index (κ3) is 7.24. The molecule has 1 heterocycles. The predicted octanol–water partition coefficient (Wildman–Crippen LogP) is 4.27. The third-order valence-corrected chi connectivity index (χ3v) is 5.46. The van der Waals surface area contributed by atoms with Crippen LogP contribution in [-0.2, 0) is 23.4 Å². The normalized spacial score (nSPS) is 10.7. The fourth-order valence-electron chi connectivity index (χ4n) is 2.65. The summed E-state index contributed by atoms with van der Waals surface area (Å²) in [5.41, 5.74) is 2.27. The molecule has 150 valence electrons. The van der Waals surface area contributed by atoms with Crippen LogP contribution in [0.15, 0.2) is 64.5 Å². The Morgan fingerprint density at radius 2 is 1.83 bits per heavy atom. The number of benzene rings is 2. The number of thioether (sulfide) groups is 1. The highest BCUT2D eigenvalue weighted by Crippen LogP contribution is 2.20. The largest absolute Gasteiger partial charge is 0.355 e. The molecule has 1 aromatic heterocycles. The van der Waals surface area contributed by atoms with Crippen LogP contribution in [0.3, 0.4) is 0 Å². The topological polar surface area (TPSA) is 74.8 Å². The number of amides is 1. The third-order valence-electron chi connectivity index (χ3n) is 4.03. The number of aromatic nitrogens is 2. The molecule has 0 bridgehead atoms. The van der Waals surface area contributed by atoms with Crippen molar-refractivity contribution in [2.45, 2.75) is 23.8 Å². The van der Waals surface area contributed by atoms with E-state index in [2.05, 4.69) is 15.3 Å². The number of rotatable bonds is 8. The Morgan fingerprint density at radius 3 is 2.59 bits per heavy atom. The molecule has 1 amide bonds. The number of hydrogen-bond acceptors (Lipinski definition) is 4. The van der Waals surface area contributed by atoms with Gasteiger partial charge in [0, 0.05) is 28.4 Å². The van der Waals surface area contributed by atoms with Gasteiger partial charge in [-0.15, -0.1) is 0 Å². The van der Waals surface area contributed by atoms with Crippen LogP contribution in [0.1, 0.15) is 16.8 Å². The van der Waals surface area contributed by atoms with Crippen molar-refractivity contribution >= 4 is 40.9 Å². The Bertz CT molecular complexity index is 1040. The maximum atomic E-state index is 12.2. The van der Waals surface area contributed by atoms with E-state index < -0.39 is 0 Å². The molecule has 5 nitrogen and oxygen atoms in total. The molecule has 0 saturated heterocycles. The molecule has 8 heteroatoms. The number of halogens is 2. The molecule has 0 aliphatic carbocycles. The molecule has 2 aromatic carbocycles. The molecule has 0 radical (unpaired) electrons. The summed E-state index contributed by atoms with van der Waals surface area (Å²) in [5.74, 6) is 0.433. The van der Waals surface area contributed by atoms with Crippen LogP contribution >= 0.6 is 35.0 Å². The maximum absolute atomic E-state index is 12.2. The summed E-state index contributed by atoms with van der Waals surface area (Å²) < 4.78 is 0. The van der Waals surface area contributed by atoms with Crippen LogP contribution < -0.4 is 10.9 Å². The van der Waals surface area contributed by atoms with Crippen molar-refractivity contribution in [2.24, 2.45) is 0 Å². The molecule has 0 aliphatic heterocycles. The molecular formula is C21H19Cl2N3O2S. The molecular weight excluding hydrogens is 429 g/mol. The number of carbonyl (C=O) groups excluding carboxylic acids is 1. The van der Waals surface area contributed by atoms with Crippen LogP contribution in [0, 0.1) is 0 Å². The lowest BCUT2D eigenvalue weighted by molar-refractivity contribution is -0.120. The first-order chi connectivity index (χ1) is 14.0. The number of hydrogen-bond donors (Lipinski definition) is 2. The van der Waals surface area contributed by atoms with Crippen LogP contribution in [-0.4, -0.2) is 22.4 Å². The van der Waals surface area contributed by atoms with Crippen LogP contribution in [0.25, 0.3) is 0 Å². The van der Waals surface area contributed by atoms with E-state index in [9.17, 15) is 9.59 Å². The molecule has 0 unspecified atom stereocenters. The first-order valence-corrected chi connectivity index (χ1v) is 10.7. The van der Waals surface area contributed by atoms with E-state index in [1.807, 2.05) is 48.5 Å². The predicted molar refractivity (Wildman–Crippen MR) is 118 cm³/mol. The van der Waals surface area contributed by atoms with E-state index in [1.54, 1.807) is 0 Å². The second kappa shape index (κ2) is 10.5. The summed E-state index contributed by atoms with van der Waals surface area (Å²) in [7, 11) is 0. The van der Waals surface area contributed by atoms with Gasteiger partial charge in [0.2, 0.25) is 5.91 Å². The monoisotopic (exact) mass is 447 g/mol. The number of aromatic amines is 1. The van der Waals surface area contributed by atoms with E-state index in [4.69, 9.17) is 23.2 Å². The lowest BCUT2D eigenvalue weighted by Gasteiger charge is -2.07. The molecule has 0 fully saturated rings. The van der Waals surface area contributed by atoms with Crippen LogP contribution in [0.2, 0.25) is 10.0 Å². The summed E-state index contributed by atoms with van der Waals surface area (Å²) in [6.07, 6.45) is 0.752. The minimum Gasteiger partial charge on any atom is -0.355 e. The summed E-state index contributed by atoms with van der Waals surface area (Å²) in [4.78, 5) is 31.2. The molecule has 0 saturated carbocycles.